The minimum absolute atomic E-state index is 0.0152. The van der Waals surface area contributed by atoms with Crippen molar-refractivity contribution in [3.63, 3.8) is 0 Å². The number of carbonyl (C=O) groups excluding carboxylic acids is 2. The third-order valence-corrected chi connectivity index (χ3v) is 8.72. The quantitative estimate of drug-likeness (QED) is 0.0674. The van der Waals surface area contributed by atoms with Gasteiger partial charge in [-0.1, -0.05) is 187 Å². The largest absolute Gasteiger partial charge is 0.460 e. The van der Waals surface area contributed by atoms with Crippen LogP contribution in [0.1, 0.15) is 206 Å². The van der Waals surface area contributed by atoms with Crippen molar-refractivity contribution in [3.05, 3.63) is 0 Å². The van der Waals surface area contributed by atoms with Gasteiger partial charge in [-0.15, -0.1) is 0 Å². The van der Waals surface area contributed by atoms with Crippen LogP contribution in [0, 0.1) is 0 Å². The van der Waals surface area contributed by atoms with Gasteiger partial charge in [-0.05, 0) is 6.42 Å². The summed E-state index contributed by atoms with van der Waals surface area (Å²) in [6.45, 7) is 2.77. The molecule has 0 saturated carbocycles. The third-order valence-electron chi connectivity index (χ3n) is 8.72. The highest BCUT2D eigenvalue weighted by Crippen LogP contribution is 2.17. The second kappa shape index (κ2) is 29.4. The summed E-state index contributed by atoms with van der Waals surface area (Å²) in [6.07, 6.45) is 41.1. The van der Waals surface area contributed by atoms with Crippen molar-refractivity contribution >= 4 is 11.9 Å². The fourth-order valence-electron chi connectivity index (χ4n) is 6.02. The van der Waals surface area contributed by atoms with Crippen LogP contribution in [-0.2, 0) is 14.3 Å². The van der Waals surface area contributed by atoms with Gasteiger partial charge in [-0.2, -0.15) is 0 Å². The van der Waals surface area contributed by atoms with E-state index < -0.39 is 0 Å². The van der Waals surface area contributed by atoms with Gasteiger partial charge in [-0.25, -0.2) is 0 Å². The third kappa shape index (κ3) is 25.9. The molecule has 1 saturated heterocycles. The summed E-state index contributed by atoms with van der Waals surface area (Å²) in [5.74, 6) is -0.162. The molecule has 1 fully saturated rings. The summed E-state index contributed by atoms with van der Waals surface area (Å²) in [6, 6.07) is 0. The Kier molecular flexibility index (Phi) is 27.2. The normalized spacial score (nSPS) is 15.0. The van der Waals surface area contributed by atoms with Gasteiger partial charge < -0.3 is 10.1 Å². The number of carbonyl (C=O) groups is 2. The average molecular weight is 564 g/mol. The van der Waals surface area contributed by atoms with Crippen LogP contribution in [-0.4, -0.2) is 24.5 Å². The van der Waals surface area contributed by atoms with E-state index >= 15 is 0 Å². The Morgan fingerprint density at radius 3 is 1.12 bits per heavy atom. The zero-order valence-corrected chi connectivity index (χ0v) is 26.9. The first-order valence-electron chi connectivity index (χ1n) is 18.2. The highest BCUT2D eigenvalue weighted by atomic mass is 16.5. The predicted molar refractivity (Wildman–Crippen MR) is 172 cm³/mol. The smallest absolute Gasteiger partial charge is 0.306 e. The lowest BCUT2D eigenvalue weighted by Gasteiger charge is -2.09. The molecule has 1 rings (SSSR count). The minimum atomic E-state index is -0.247. The van der Waals surface area contributed by atoms with Gasteiger partial charge >= 0.3 is 5.97 Å². The Morgan fingerprint density at radius 2 is 0.850 bits per heavy atom. The van der Waals surface area contributed by atoms with E-state index in [9.17, 15) is 9.59 Å². The van der Waals surface area contributed by atoms with Gasteiger partial charge in [0.2, 0.25) is 5.91 Å². The summed E-state index contributed by atoms with van der Waals surface area (Å²) in [5.41, 5.74) is 0. The highest BCUT2D eigenvalue weighted by molar-refractivity contribution is 5.79. The summed E-state index contributed by atoms with van der Waals surface area (Å²) in [7, 11) is 0. The number of ether oxygens (including phenoxy) is 1. The SMILES string of the molecule is CCCCCCCCCCCCCCCCCCCCCCCCCCCCCCCC(=O)OC1CNC(=O)C1. The minimum Gasteiger partial charge on any atom is -0.460 e. The molecule has 0 aromatic heterocycles. The van der Waals surface area contributed by atoms with Gasteiger partial charge in [0.15, 0.2) is 0 Å². The topological polar surface area (TPSA) is 55.4 Å². The molecule has 0 aromatic carbocycles. The Balaban J connectivity index is 1.64. The van der Waals surface area contributed by atoms with Crippen LogP contribution in [0.5, 0.6) is 0 Å². The van der Waals surface area contributed by atoms with Crippen molar-refractivity contribution in [2.75, 3.05) is 6.54 Å². The van der Waals surface area contributed by atoms with Crippen molar-refractivity contribution in [2.24, 2.45) is 0 Å². The van der Waals surface area contributed by atoms with E-state index in [0.29, 0.717) is 19.4 Å². The molecular weight excluding hydrogens is 494 g/mol. The van der Waals surface area contributed by atoms with Gasteiger partial charge in [-0.3, -0.25) is 9.59 Å². The molecule has 0 spiro atoms. The van der Waals surface area contributed by atoms with Crippen molar-refractivity contribution in [1.29, 1.82) is 0 Å². The standard InChI is InChI=1S/C36H69NO3/c1-2-3-4-5-6-7-8-9-10-11-12-13-14-15-16-17-18-19-20-21-22-23-24-25-26-27-28-29-30-31-36(39)40-34-32-35(38)37-33-34/h34H,2-33H2,1H3,(H,37,38). The Bertz CT molecular complexity index is 564. The molecule has 0 bridgehead atoms. The second-order valence-electron chi connectivity index (χ2n) is 12.8. The summed E-state index contributed by atoms with van der Waals surface area (Å²) >= 11 is 0. The van der Waals surface area contributed by atoms with Crippen LogP contribution in [0.4, 0.5) is 0 Å². The maximum atomic E-state index is 11.8. The molecule has 1 heterocycles. The van der Waals surface area contributed by atoms with Gasteiger partial charge in [0.25, 0.3) is 0 Å². The van der Waals surface area contributed by atoms with Crippen molar-refractivity contribution in [3.8, 4) is 0 Å². The zero-order chi connectivity index (χ0) is 28.8. The van der Waals surface area contributed by atoms with E-state index in [4.69, 9.17) is 4.74 Å². The Hall–Kier alpha value is -1.06. The van der Waals surface area contributed by atoms with Crippen molar-refractivity contribution < 1.29 is 14.3 Å². The van der Waals surface area contributed by atoms with E-state index in [1.54, 1.807) is 0 Å². The molecule has 0 aliphatic carbocycles. The Morgan fingerprint density at radius 1 is 0.550 bits per heavy atom. The molecule has 1 aliphatic heterocycles. The second-order valence-corrected chi connectivity index (χ2v) is 12.8. The lowest BCUT2D eigenvalue weighted by molar-refractivity contribution is -0.148. The molecule has 236 valence electrons. The molecule has 4 heteroatoms. The van der Waals surface area contributed by atoms with Crippen LogP contribution >= 0.6 is 0 Å². The van der Waals surface area contributed by atoms with Gasteiger partial charge in [0.05, 0.1) is 13.0 Å². The number of hydrogen-bond donors (Lipinski definition) is 1. The molecule has 1 N–H and O–H groups in total. The number of amides is 1. The molecule has 1 amide bonds. The average Bonchev–Trinajstić information content (AvgIpc) is 3.36. The van der Waals surface area contributed by atoms with E-state index in [0.717, 1.165) is 12.8 Å². The molecule has 0 aromatic rings. The monoisotopic (exact) mass is 564 g/mol. The maximum Gasteiger partial charge on any atom is 0.306 e. The molecule has 0 radical (unpaired) electrons. The molecule has 1 aliphatic rings. The number of esters is 1. The van der Waals surface area contributed by atoms with Crippen molar-refractivity contribution in [1.82, 2.24) is 5.32 Å². The first-order chi connectivity index (χ1) is 19.7. The lowest BCUT2D eigenvalue weighted by atomic mass is 10.0. The van der Waals surface area contributed by atoms with Crippen LogP contribution in [0.15, 0.2) is 0 Å². The zero-order valence-electron chi connectivity index (χ0n) is 26.9. The lowest BCUT2D eigenvalue weighted by Crippen LogP contribution is -2.20. The fourth-order valence-corrected chi connectivity index (χ4v) is 6.02. The Labute approximate surface area is 249 Å². The number of rotatable bonds is 31. The fraction of sp³-hybridized carbons (Fsp3) is 0.944. The van der Waals surface area contributed by atoms with E-state index in [1.807, 2.05) is 0 Å². The maximum absolute atomic E-state index is 11.8. The van der Waals surface area contributed by atoms with Gasteiger partial charge in [0, 0.05) is 6.42 Å². The van der Waals surface area contributed by atoms with Crippen LogP contribution in [0.25, 0.3) is 0 Å². The molecular formula is C36H69NO3. The predicted octanol–water partition coefficient (Wildman–Crippen LogP) is 11.1. The molecule has 40 heavy (non-hydrogen) atoms. The molecule has 4 nitrogen and oxygen atoms in total. The molecule has 1 atom stereocenters. The van der Waals surface area contributed by atoms with Crippen LogP contribution in [0.3, 0.4) is 0 Å². The number of hydrogen-bond acceptors (Lipinski definition) is 3. The van der Waals surface area contributed by atoms with Gasteiger partial charge in [0.1, 0.15) is 6.10 Å². The number of nitrogens with one attached hydrogen (secondary N) is 1. The summed E-state index contributed by atoms with van der Waals surface area (Å²) in [5, 5.41) is 2.70. The van der Waals surface area contributed by atoms with E-state index in [2.05, 4.69) is 12.2 Å². The van der Waals surface area contributed by atoms with Crippen LogP contribution in [0.2, 0.25) is 0 Å². The van der Waals surface area contributed by atoms with Crippen LogP contribution < -0.4 is 5.32 Å². The highest BCUT2D eigenvalue weighted by Gasteiger charge is 2.24. The number of unbranched alkanes of at least 4 members (excludes halogenated alkanes) is 28. The first kappa shape index (κ1) is 37.0. The van der Waals surface area contributed by atoms with E-state index in [1.165, 1.54) is 173 Å². The van der Waals surface area contributed by atoms with Crippen molar-refractivity contribution in [2.45, 2.75) is 212 Å². The first-order valence-corrected chi connectivity index (χ1v) is 18.2. The summed E-state index contributed by atoms with van der Waals surface area (Å²) < 4.78 is 5.32. The summed E-state index contributed by atoms with van der Waals surface area (Å²) in [4.78, 5) is 22.9. The molecule has 1 unspecified atom stereocenters. The van der Waals surface area contributed by atoms with E-state index in [-0.39, 0.29) is 18.0 Å².